The minimum Gasteiger partial charge on any atom is -0.332 e. The third kappa shape index (κ3) is 4.01. The minimum atomic E-state index is -3.40. The lowest BCUT2D eigenvalue weighted by molar-refractivity contribution is -0.131. The summed E-state index contributed by atoms with van der Waals surface area (Å²) in [6, 6.07) is 5.74. The molecule has 1 atom stereocenters. The molecule has 1 aromatic carbocycles. The summed E-state index contributed by atoms with van der Waals surface area (Å²) < 4.78 is 39.0. The molecule has 0 spiro atoms. The Bertz CT molecular complexity index is 1150. The van der Waals surface area contributed by atoms with Crippen LogP contribution in [0.2, 0.25) is 0 Å². The second-order valence-electron chi connectivity index (χ2n) is 7.74. The molecule has 1 saturated heterocycles. The van der Waals surface area contributed by atoms with Crippen molar-refractivity contribution < 1.29 is 17.6 Å². The monoisotopic (exact) mass is 434 g/mol. The summed E-state index contributed by atoms with van der Waals surface area (Å²) in [5, 5.41) is 0. The Morgan fingerprint density at radius 2 is 2.07 bits per heavy atom. The van der Waals surface area contributed by atoms with Crippen molar-refractivity contribution in [2.45, 2.75) is 38.3 Å². The van der Waals surface area contributed by atoms with Gasteiger partial charge >= 0.3 is 0 Å². The van der Waals surface area contributed by atoms with Gasteiger partial charge in [-0.15, -0.1) is 0 Å². The number of hydrogen-bond donors (Lipinski definition) is 1. The molecule has 2 aliphatic rings. The Balaban J connectivity index is 1.60. The molecule has 8 nitrogen and oxygen atoms in total. The zero-order valence-corrected chi connectivity index (χ0v) is 17.4. The van der Waals surface area contributed by atoms with Crippen LogP contribution in [0.1, 0.15) is 41.5 Å². The second-order valence-corrected chi connectivity index (χ2v) is 9.72. The summed E-state index contributed by atoms with van der Waals surface area (Å²) in [5.41, 5.74) is 0.945. The molecule has 1 fully saturated rings. The number of halogens is 1. The van der Waals surface area contributed by atoms with Gasteiger partial charge in [-0.1, -0.05) is 18.2 Å². The summed E-state index contributed by atoms with van der Waals surface area (Å²) in [6.07, 6.45) is 2.72. The van der Waals surface area contributed by atoms with Gasteiger partial charge in [-0.2, -0.15) is 4.31 Å². The van der Waals surface area contributed by atoms with Crippen LogP contribution in [0.4, 0.5) is 4.39 Å². The van der Waals surface area contributed by atoms with Crippen LogP contribution < -0.4 is 5.56 Å². The molecule has 0 saturated carbocycles. The van der Waals surface area contributed by atoms with E-state index in [-0.39, 0.29) is 31.0 Å². The number of nitrogens with one attached hydrogen (secondary N) is 1. The van der Waals surface area contributed by atoms with Crippen LogP contribution in [0, 0.1) is 5.82 Å². The maximum Gasteiger partial charge on any atom is 0.254 e. The number of rotatable bonds is 4. The van der Waals surface area contributed by atoms with Crippen LogP contribution >= 0.6 is 0 Å². The van der Waals surface area contributed by atoms with E-state index in [0.29, 0.717) is 42.0 Å². The van der Waals surface area contributed by atoms with Crippen molar-refractivity contribution in [2.75, 3.05) is 19.3 Å². The first-order valence-corrected chi connectivity index (χ1v) is 11.7. The van der Waals surface area contributed by atoms with Gasteiger partial charge in [0, 0.05) is 18.7 Å². The normalized spacial score (nSPS) is 19.7. The maximum atomic E-state index is 13.9. The van der Waals surface area contributed by atoms with Crippen molar-refractivity contribution in [1.82, 2.24) is 19.2 Å². The number of carbonyl (C=O) groups excluding carboxylic acids is 1. The highest BCUT2D eigenvalue weighted by Crippen LogP contribution is 2.31. The SMILES string of the molecule is CS(=O)(=O)N1CCc2c(nc([C@@H]3CCCN3C(=O)Cc3ccccc3F)[nH]c2=O)C1. The summed E-state index contributed by atoms with van der Waals surface area (Å²) >= 11 is 0. The van der Waals surface area contributed by atoms with Gasteiger partial charge < -0.3 is 9.88 Å². The molecule has 2 aromatic rings. The number of amides is 1. The molecule has 0 radical (unpaired) electrons. The lowest BCUT2D eigenvalue weighted by Crippen LogP contribution is -2.40. The summed E-state index contributed by atoms with van der Waals surface area (Å²) in [7, 11) is -3.40. The van der Waals surface area contributed by atoms with Crippen LogP contribution in [0.5, 0.6) is 0 Å². The van der Waals surface area contributed by atoms with E-state index < -0.39 is 21.9 Å². The number of H-pyrrole nitrogens is 1. The molecule has 4 rings (SSSR count). The fourth-order valence-corrected chi connectivity index (χ4v) is 4.91. The number of benzene rings is 1. The van der Waals surface area contributed by atoms with Gasteiger partial charge in [0.1, 0.15) is 11.6 Å². The molecule has 160 valence electrons. The smallest absolute Gasteiger partial charge is 0.254 e. The van der Waals surface area contributed by atoms with Crippen LogP contribution in [-0.4, -0.2) is 52.8 Å². The predicted octanol–water partition coefficient (Wildman–Crippen LogP) is 1.13. The van der Waals surface area contributed by atoms with E-state index in [0.717, 1.165) is 12.7 Å². The van der Waals surface area contributed by atoms with Gasteiger partial charge in [-0.25, -0.2) is 17.8 Å². The minimum absolute atomic E-state index is 0.0426. The van der Waals surface area contributed by atoms with Gasteiger partial charge in [0.15, 0.2) is 0 Å². The summed E-state index contributed by atoms with van der Waals surface area (Å²) in [6.45, 7) is 0.780. The molecule has 0 bridgehead atoms. The number of likely N-dealkylation sites (tertiary alicyclic amines) is 1. The third-order valence-electron chi connectivity index (χ3n) is 5.71. The molecular weight excluding hydrogens is 411 g/mol. The second kappa shape index (κ2) is 7.92. The molecule has 2 aliphatic heterocycles. The Labute approximate surface area is 173 Å². The number of nitrogens with zero attached hydrogens (tertiary/aromatic N) is 3. The number of sulfonamides is 1. The highest BCUT2D eigenvalue weighted by molar-refractivity contribution is 7.88. The number of aromatic nitrogens is 2. The molecule has 10 heteroatoms. The van der Waals surface area contributed by atoms with Crippen LogP contribution in [-0.2, 0) is 34.2 Å². The zero-order valence-electron chi connectivity index (χ0n) is 16.6. The molecule has 30 heavy (non-hydrogen) atoms. The van der Waals surface area contributed by atoms with E-state index in [1.165, 1.54) is 10.4 Å². The average Bonchev–Trinajstić information content (AvgIpc) is 3.18. The third-order valence-corrected chi connectivity index (χ3v) is 6.96. The van der Waals surface area contributed by atoms with Crippen molar-refractivity contribution in [3.8, 4) is 0 Å². The molecule has 1 aromatic heterocycles. The fourth-order valence-electron chi connectivity index (χ4n) is 4.13. The Hall–Kier alpha value is -2.59. The Morgan fingerprint density at radius 3 is 2.80 bits per heavy atom. The fraction of sp³-hybridized carbons (Fsp3) is 0.450. The van der Waals surface area contributed by atoms with E-state index in [9.17, 15) is 22.4 Å². The van der Waals surface area contributed by atoms with Crippen molar-refractivity contribution in [1.29, 1.82) is 0 Å². The lowest BCUT2D eigenvalue weighted by atomic mass is 10.1. The molecule has 1 N–H and O–H groups in total. The number of hydrogen-bond acceptors (Lipinski definition) is 5. The van der Waals surface area contributed by atoms with Gasteiger partial charge in [-0.05, 0) is 30.9 Å². The van der Waals surface area contributed by atoms with Crippen molar-refractivity contribution >= 4 is 15.9 Å². The molecule has 1 amide bonds. The predicted molar refractivity (Wildman–Crippen MR) is 108 cm³/mol. The first-order chi connectivity index (χ1) is 14.2. The maximum absolute atomic E-state index is 13.9. The highest BCUT2D eigenvalue weighted by Gasteiger charge is 2.34. The van der Waals surface area contributed by atoms with E-state index in [2.05, 4.69) is 9.97 Å². The number of fused-ring (bicyclic) bond motifs is 1. The summed E-state index contributed by atoms with van der Waals surface area (Å²) in [4.78, 5) is 34.4. The van der Waals surface area contributed by atoms with E-state index in [1.54, 1.807) is 23.1 Å². The first kappa shape index (κ1) is 20.7. The van der Waals surface area contributed by atoms with E-state index in [1.807, 2.05) is 0 Å². The van der Waals surface area contributed by atoms with Gasteiger partial charge in [-0.3, -0.25) is 9.59 Å². The van der Waals surface area contributed by atoms with E-state index in [4.69, 9.17) is 0 Å². The quantitative estimate of drug-likeness (QED) is 0.777. The highest BCUT2D eigenvalue weighted by atomic mass is 32.2. The molecule has 3 heterocycles. The first-order valence-electron chi connectivity index (χ1n) is 9.84. The van der Waals surface area contributed by atoms with Crippen molar-refractivity contribution in [2.24, 2.45) is 0 Å². The average molecular weight is 434 g/mol. The Morgan fingerprint density at radius 1 is 1.30 bits per heavy atom. The molecular formula is C20H23FN4O4S. The van der Waals surface area contributed by atoms with Crippen LogP contribution in [0.15, 0.2) is 29.1 Å². The topological polar surface area (TPSA) is 103 Å². The van der Waals surface area contributed by atoms with Crippen molar-refractivity contribution in [3.63, 3.8) is 0 Å². The van der Waals surface area contributed by atoms with Gasteiger partial charge in [0.2, 0.25) is 15.9 Å². The Kier molecular flexibility index (Phi) is 5.46. The van der Waals surface area contributed by atoms with Crippen LogP contribution in [0.3, 0.4) is 0 Å². The van der Waals surface area contributed by atoms with Gasteiger partial charge in [0.05, 0.1) is 31.0 Å². The van der Waals surface area contributed by atoms with E-state index >= 15 is 0 Å². The van der Waals surface area contributed by atoms with Crippen molar-refractivity contribution in [3.05, 3.63) is 63.1 Å². The zero-order chi connectivity index (χ0) is 21.5. The molecule has 0 unspecified atom stereocenters. The number of aromatic amines is 1. The summed E-state index contributed by atoms with van der Waals surface area (Å²) in [5.74, 6) is -0.308. The largest absolute Gasteiger partial charge is 0.332 e. The lowest BCUT2D eigenvalue weighted by Gasteiger charge is -2.28. The standard InChI is InChI=1S/C20H23FN4O4S/c1-30(28,29)24-10-8-14-16(12-24)22-19(23-20(14)27)17-7-4-9-25(17)18(26)11-13-5-2-3-6-15(13)21/h2-3,5-6,17H,4,7-12H2,1H3,(H,22,23,27)/t17-/m0/s1. The molecule has 0 aliphatic carbocycles. The number of carbonyl (C=O) groups is 1. The van der Waals surface area contributed by atoms with Crippen LogP contribution in [0.25, 0.3) is 0 Å². The van der Waals surface area contributed by atoms with Gasteiger partial charge in [0.25, 0.3) is 5.56 Å².